The Morgan fingerprint density at radius 2 is 1.55 bits per heavy atom. The van der Waals surface area contributed by atoms with Gasteiger partial charge in [0.05, 0.1) is 31.0 Å². The van der Waals surface area contributed by atoms with Gasteiger partial charge in [0, 0.05) is 17.6 Å². The van der Waals surface area contributed by atoms with Gasteiger partial charge in [0.25, 0.3) is 0 Å². The number of fused-ring (bicyclic) bond motifs is 1. The van der Waals surface area contributed by atoms with E-state index in [2.05, 4.69) is 19.7 Å². The van der Waals surface area contributed by atoms with Gasteiger partial charge >= 0.3 is 0 Å². The van der Waals surface area contributed by atoms with Crippen molar-refractivity contribution < 1.29 is 8.42 Å². The second-order valence-electron chi connectivity index (χ2n) is 6.73. The van der Waals surface area contributed by atoms with Gasteiger partial charge in [0.1, 0.15) is 22.0 Å². The summed E-state index contributed by atoms with van der Waals surface area (Å²) in [6, 6.07) is 10.6. The number of aromatic nitrogens is 1. The Morgan fingerprint density at radius 1 is 0.897 bits per heavy atom. The number of H-pyrrole nitrogens is 1. The monoisotopic (exact) mass is 470 g/mol. The van der Waals surface area contributed by atoms with E-state index in [4.69, 9.17) is 23.2 Å². The molecule has 1 fully saturated rings. The molecular weight excluding hydrogens is 451 g/mol. The number of rotatable bonds is 6. The number of aromatic amines is 1. The summed E-state index contributed by atoms with van der Waals surface area (Å²) in [6.07, 6.45) is 3.55. The lowest BCUT2D eigenvalue weighted by atomic mass is 10.1. The first-order valence-electron chi connectivity index (χ1n) is 9.15. The standard InChI is InChI=1S/C19H20Cl2N4O2S2/c20-15-5-6-17(19-18(15)16(21)11-23-19)25-29(27)14-3-1-13(2-4-14)28(26)24-12-7-9-22-10-8-12/h1-6,11-12,22-25H,7-10H2. The minimum Gasteiger partial charge on any atom is -0.358 e. The van der Waals surface area contributed by atoms with E-state index in [1.807, 2.05) is 0 Å². The molecule has 0 bridgehead atoms. The Balaban J connectivity index is 1.46. The number of benzene rings is 2. The molecule has 1 aliphatic heterocycles. The minimum atomic E-state index is -1.50. The molecule has 1 aliphatic rings. The molecule has 3 aromatic rings. The molecule has 0 saturated carbocycles. The fourth-order valence-corrected chi connectivity index (χ4v) is 5.75. The maximum atomic E-state index is 12.8. The van der Waals surface area contributed by atoms with Crippen LogP contribution in [0.5, 0.6) is 0 Å². The van der Waals surface area contributed by atoms with Crippen LogP contribution < -0.4 is 14.8 Å². The summed E-state index contributed by atoms with van der Waals surface area (Å²) < 4.78 is 31.4. The molecule has 2 aromatic carbocycles. The average Bonchev–Trinajstić information content (AvgIpc) is 3.13. The van der Waals surface area contributed by atoms with Gasteiger partial charge in [-0.15, -0.1) is 0 Å². The van der Waals surface area contributed by atoms with Gasteiger partial charge in [-0.1, -0.05) is 23.2 Å². The third kappa shape index (κ3) is 4.68. The van der Waals surface area contributed by atoms with Gasteiger partial charge in [-0.05, 0) is 62.3 Å². The molecule has 0 spiro atoms. The number of nitrogens with one attached hydrogen (secondary N) is 4. The quantitative estimate of drug-likeness (QED) is 0.439. The highest BCUT2D eigenvalue weighted by Gasteiger charge is 2.17. The van der Waals surface area contributed by atoms with Crippen molar-refractivity contribution in [3.8, 4) is 0 Å². The van der Waals surface area contributed by atoms with Crippen molar-refractivity contribution in [1.82, 2.24) is 15.0 Å². The maximum absolute atomic E-state index is 12.8. The highest BCUT2D eigenvalue weighted by molar-refractivity contribution is 7.86. The fourth-order valence-electron chi connectivity index (χ4n) is 3.26. The van der Waals surface area contributed by atoms with Gasteiger partial charge in [0.2, 0.25) is 0 Å². The molecule has 2 atom stereocenters. The number of hydrogen-bond acceptors (Lipinski definition) is 3. The number of anilines is 1. The van der Waals surface area contributed by atoms with Crippen molar-refractivity contribution in [2.45, 2.75) is 28.7 Å². The van der Waals surface area contributed by atoms with Crippen LogP contribution in [0.4, 0.5) is 5.69 Å². The maximum Gasteiger partial charge on any atom is 0.150 e. The minimum absolute atomic E-state index is 0.243. The first-order valence-corrected chi connectivity index (χ1v) is 12.2. The molecular formula is C19H20Cl2N4O2S2. The Morgan fingerprint density at radius 3 is 2.24 bits per heavy atom. The zero-order valence-corrected chi connectivity index (χ0v) is 18.5. The summed E-state index contributed by atoms with van der Waals surface area (Å²) >= 11 is 12.4. The molecule has 2 heterocycles. The van der Waals surface area contributed by atoms with Crippen molar-refractivity contribution >= 4 is 61.8 Å². The Kier molecular flexibility index (Phi) is 6.58. The van der Waals surface area contributed by atoms with Crippen molar-refractivity contribution in [3.63, 3.8) is 0 Å². The largest absolute Gasteiger partial charge is 0.358 e. The topological polar surface area (TPSA) is 86.0 Å². The first-order chi connectivity index (χ1) is 14.0. The summed E-state index contributed by atoms with van der Waals surface area (Å²) in [6.45, 7) is 1.87. The lowest BCUT2D eigenvalue weighted by molar-refractivity contribution is 0.435. The molecule has 4 rings (SSSR count). The molecule has 1 aromatic heterocycles. The van der Waals surface area contributed by atoms with Crippen molar-refractivity contribution in [2.75, 3.05) is 17.8 Å². The predicted octanol–water partition coefficient (Wildman–Crippen LogP) is 3.97. The van der Waals surface area contributed by atoms with Crippen molar-refractivity contribution in [3.05, 3.63) is 52.6 Å². The molecule has 6 nitrogen and oxygen atoms in total. The van der Waals surface area contributed by atoms with E-state index in [1.54, 1.807) is 42.6 Å². The van der Waals surface area contributed by atoms with Crippen LogP contribution in [0, 0.1) is 0 Å². The second-order valence-corrected chi connectivity index (χ2v) is 10.0. The number of hydrogen-bond donors (Lipinski definition) is 4. The third-order valence-corrected chi connectivity index (χ3v) is 7.77. The normalized spacial score (nSPS) is 17.3. The van der Waals surface area contributed by atoms with Crippen LogP contribution in [0.2, 0.25) is 10.0 Å². The number of piperidine rings is 1. The summed E-state index contributed by atoms with van der Waals surface area (Å²) in [5, 5.41) is 5.00. The second kappa shape index (κ2) is 9.16. The molecule has 29 heavy (non-hydrogen) atoms. The van der Waals surface area contributed by atoms with E-state index in [-0.39, 0.29) is 6.04 Å². The summed E-state index contributed by atoms with van der Waals surface area (Å²) in [5.41, 5.74) is 1.33. The van der Waals surface area contributed by atoms with Crippen LogP contribution in [0.3, 0.4) is 0 Å². The van der Waals surface area contributed by atoms with E-state index >= 15 is 0 Å². The zero-order valence-electron chi connectivity index (χ0n) is 15.3. The Bertz CT molecular complexity index is 1070. The fraction of sp³-hybridized carbons (Fsp3) is 0.263. The molecule has 154 valence electrons. The SMILES string of the molecule is O=S(Nc1ccc(Cl)c2c(Cl)c[nH]c12)c1ccc(S(=O)NC2CCNCC2)cc1. The van der Waals surface area contributed by atoms with E-state index in [0.29, 0.717) is 36.4 Å². The van der Waals surface area contributed by atoms with Crippen molar-refractivity contribution in [1.29, 1.82) is 0 Å². The van der Waals surface area contributed by atoms with Crippen LogP contribution in [0.25, 0.3) is 10.9 Å². The van der Waals surface area contributed by atoms with Gasteiger partial charge in [-0.25, -0.2) is 13.1 Å². The highest BCUT2D eigenvalue weighted by Crippen LogP contribution is 2.35. The van der Waals surface area contributed by atoms with Crippen LogP contribution in [0.1, 0.15) is 12.8 Å². The molecule has 4 N–H and O–H groups in total. The molecule has 0 radical (unpaired) electrons. The van der Waals surface area contributed by atoms with E-state index in [0.717, 1.165) is 25.9 Å². The average molecular weight is 471 g/mol. The lowest BCUT2D eigenvalue weighted by Gasteiger charge is -2.23. The van der Waals surface area contributed by atoms with Gasteiger partial charge in [0.15, 0.2) is 0 Å². The van der Waals surface area contributed by atoms with Crippen molar-refractivity contribution in [2.24, 2.45) is 0 Å². The summed E-state index contributed by atoms with van der Waals surface area (Å²) in [7, 11) is -2.79. The molecule has 2 unspecified atom stereocenters. The smallest absolute Gasteiger partial charge is 0.150 e. The third-order valence-electron chi connectivity index (χ3n) is 4.80. The highest BCUT2D eigenvalue weighted by atomic mass is 35.5. The summed E-state index contributed by atoms with van der Waals surface area (Å²) in [4.78, 5) is 4.29. The molecule has 0 aliphatic carbocycles. The van der Waals surface area contributed by atoms with Gasteiger partial charge in [-0.2, -0.15) is 0 Å². The van der Waals surface area contributed by atoms with Crippen LogP contribution in [0.15, 0.2) is 52.4 Å². The van der Waals surface area contributed by atoms with Crippen LogP contribution >= 0.6 is 23.2 Å². The Labute approximate surface area is 183 Å². The summed E-state index contributed by atoms with van der Waals surface area (Å²) in [5.74, 6) is 0. The van der Waals surface area contributed by atoms with E-state index in [9.17, 15) is 8.42 Å². The van der Waals surface area contributed by atoms with Gasteiger partial charge in [-0.3, -0.25) is 4.72 Å². The Hall–Kier alpha value is -1.42. The zero-order chi connectivity index (χ0) is 20.4. The number of halogens is 2. The molecule has 0 amide bonds. The molecule has 1 saturated heterocycles. The lowest BCUT2D eigenvalue weighted by Crippen LogP contribution is -2.40. The van der Waals surface area contributed by atoms with E-state index < -0.39 is 22.0 Å². The van der Waals surface area contributed by atoms with Gasteiger partial charge < -0.3 is 10.3 Å². The van der Waals surface area contributed by atoms with Crippen LogP contribution in [-0.4, -0.2) is 32.5 Å². The predicted molar refractivity (Wildman–Crippen MR) is 120 cm³/mol. The van der Waals surface area contributed by atoms with Crippen LogP contribution in [-0.2, 0) is 22.0 Å². The molecule has 10 heteroatoms. The van der Waals surface area contributed by atoms with E-state index in [1.165, 1.54) is 0 Å². The first kappa shape index (κ1) is 20.8.